The molecule has 1 amide bonds. The number of nitrogens with zero attached hydrogens (tertiary/aromatic N) is 7. The Kier molecular flexibility index (Phi) is 8.05. The monoisotopic (exact) mass is 419 g/mol. The summed E-state index contributed by atoms with van der Waals surface area (Å²) in [6.45, 7) is 8.74. The van der Waals surface area contributed by atoms with Gasteiger partial charge in [-0.2, -0.15) is 0 Å². The summed E-state index contributed by atoms with van der Waals surface area (Å²) >= 11 is 0. The third-order valence-electron chi connectivity index (χ3n) is 6.78. The molecule has 0 spiro atoms. The highest BCUT2D eigenvalue weighted by atomic mass is 16.5. The van der Waals surface area contributed by atoms with E-state index in [9.17, 15) is 4.79 Å². The smallest absolute Gasteiger partial charge is 0.244 e. The number of piperidine rings is 1. The molecular weight excluding hydrogens is 382 g/mol. The Balaban J connectivity index is 1.32. The second-order valence-corrected chi connectivity index (χ2v) is 8.92. The lowest BCUT2D eigenvalue weighted by molar-refractivity contribution is -0.136. The molecule has 1 aromatic rings. The van der Waals surface area contributed by atoms with E-state index in [0.717, 1.165) is 84.1 Å². The molecule has 1 atom stereocenters. The second-order valence-electron chi connectivity index (χ2n) is 8.92. The molecular formula is C21H37N7O2. The number of amides is 1. The van der Waals surface area contributed by atoms with E-state index in [1.54, 1.807) is 4.68 Å². The minimum Gasteiger partial charge on any atom is -0.379 e. The number of hydrogen-bond donors (Lipinski definition) is 0. The molecule has 0 bridgehead atoms. The van der Waals surface area contributed by atoms with Gasteiger partial charge in [0.05, 0.1) is 19.8 Å². The molecule has 30 heavy (non-hydrogen) atoms. The fourth-order valence-corrected chi connectivity index (χ4v) is 4.96. The first-order valence-electron chi connectivity index (χ1n) is 11.9. The lowest BCUT2D eigenvalue weighted by Gasteiger charge is -2.37. The predicted molar refractivity (Wildman–Crippen MR) is 113 cm³/mol. The SMILES string of the molecule is O=C(Cn1nnnc1CN1CCCCCC1)N1CCCC[C@H]1CCN1CCOCC1. The lowest BCUT2D eigenvalue weighted by atomic mass is 9.99. The quantitative estimate of drug-likeness (QED) is 0.656. The number of likely N-dealkylation sites (tertiary alicyclic amines) is 2. The average molecular weight is 420 g/mol. The van der Waals surface area contributed by atoms with E-state index in [4.69, 9.17) is 4.74 Å². The summed E-state index contributed by atoms with van der Waals surface area (Å²) in [5.41, 5.74) is 0. The normalized spacial score (nSPS) is 24.7. The summed E-state index contributed by atoms with van der Waals surface area (Å²) in [6, 6.07) is 0.333. The zero-order chi connectivity index (χ0) is 20.6. The molecule has 0 aliphatic carbocycles. The van der Waals surface area contributed by atoms with Gasteiger partial charge >= 0.3 is 0 Å². The maximum absolute atomic E-state index is 13.2. The van der Waals surface area contributed by atoms with Crippen molar-refractivity contribution >= 4 is 5.91 Å². The zero-order valence-electron chi connectivity index (χ0n) is 18.3. The first-order valence-corrected chi connectivity index (χ1v) is 11.9. The highest BCUT2D eigenvalue weighted by Crippen LogP contribution is 2.21. The molecule has 3 aliphatic rings. The van der Waals surface area contributed by atoms with E-state index in [1.165, 1.54) is 32.1 Å². The van der Waals surface area contributed by atoms with Crippen LogP contribution in [0.5, 0.6) is 0 Å². The maximum atomic E-state index is 13.2. The third kappa shape index (κ3) is 5.98. The van der Waals surface area contributed by atoms with Crippen molar-refractivity contribution in [1.29, 1.82) is 0 Å². The van der Waals surface area contributed by atoms with Gasteiger partial charge in [-0.15, -0.1) is 5.10 Å². The van der Waals surface area contributed by atoms with Gasteiger partial charge in [-0.25, -0.2) is 4.68 Å². The largest absolute Gasteiger partial charge is 0.379 e. The zero-order valence-corrected chi connectivity index (χ0v) is 18.3. The van der Waals surface area contributed by atoms with Crippen LogP contribution in [0.25, 0.3) is 0 Å². The highest BCUT2D eigenvalue weighted by Gasteiger charge is 2.28. The average Bonchev–Trinajstić information content (AvgIpc) is 3.04. The molecule has 9 nitrogen and oxygen atoms in total. The van der Waals surface area contributed by atoms with Gasteiger partial charge in [0.1, 0.15) is 6.54 Å². The summed E-state index contributed by atoms with van der Waals surface area (Å²) in [4.78, 5) is 20.2. The van der Waals surface area contributed by atoms with E-state index >= 15 is 0 Å². The Morgan fingerprint density at radius 2 is 1.70 bits per heavy atom. The number of tetrazole rings is 1. The van der Waals surface area contributed by atoms with Gasteiger partial charge < -0.3 is 9.64 Å². The van der Waals surface area contributed by atoms with Crippen molar-refractivity contribution in [2.45, 2.75) is 70.5 Å². The van der Waals surface area contributed by atoms with Gasteiger partial charge in [0, 0.05) is 32.2 Å². The van der Waals surface area contributed by atoms with Crippen molar-refractivity contribution in [2.24, 2.45) is 0 Å². The van der Waals surface area contributed by atoms with Crippen molar-refractivity contribution < 1.29 is 9.53 Å². The second kappa shape index (κ2) is 11.2. The van der Waals surface area contributed by atoms with Gasteiger partial charge in [-0.1, -0.05) is 12.8 Å². The highest BCUT2D eigenvalue weighted by molar-refractivity contribution is 5.76. The van der Waals surface area contributed by atoms with Gasteiger partial charge in [-0.05, 0) is 62.0 Å². The van der Waals surface area contributed by atoms with Crippen molar-refractivity contribution in [1.82, 2.24) is 34.9 Å². The van der Waals surface area contributed by atoms with Gasteiger partial charge in [0.15, 0.2) is 5.82 Å². The Labute approximate surface area is 179 Å². The number of hydrogen-bond acceptors (Lipinski definition) is 7. The van der Waals surface area contributed by atoms with Crippen LogP contribution in [0.2, 0.25) is 0 Å². The Morgan fingerprint density at radius 1 is 0.933 bits per heavy atom. The number of rotatable bonds is 7. The molecule has 1 aromatic heterocycles. The molecule has 3 saturated heterocycles. The van der Waals surface area contributed by atoms with Gasteiger partial charge in [-0.3, -0.25) is 14.6 Å². The maximum Gasteiger partial charge on any atom is 0.244 e. The first kappa shape index (κ1) is 21.6. The molecule has 0 saturated carbocycles. The number of carbonyl (C=O) groups is 1. The molecule has 4 heterocycles. The van der Waals surface area contributed by atoms with E-state index in [0.29, 0.717) is 6.04 Å². The summed E-state index contributed by atoms with van der Waals surface area (Å²) in [7, 11) is 0. The Morgan fingerprint density at radius 3 is 2.50 bits per heavy atom. The standard InChI is InChI=1S/C21H37N7O2/c29-21(18-28-20(22-23-24-28)17-26-9-4-1-2-5-10-26)27-11-6-3-7-19(27)8-12-25-13-15-30-16-14-25/h19H,1-18H2/t19-/m0/s1. The van der Waals surface area contributed by atoms with Crippen LogP contribution in [0.15, 0.2) is 0 Å². The molecule has 3 aliphatic heterocycles. The Bertz CT molecular complexity index is 654. The lowest BCUT2D eigenvalue weighted by Crippen LogP contribution is -2.47. The van der Waals surface area contributed by atoms with Gasteiger partial charge in [0.25, 0.3) is 0 Å². The molecule has 0 unspecified atom stereocenters. The topological polar surface area (TPSA) is 79.6 Å². The molecule has 4 rings (SSSR count). The fourth-order valence-electron chi connectivity index (χ4n) is 4.96. The van der Waals surface area contributed by atoms with Crippen LogP contribution in [0, 0.1) is 0 Å². The molecule has 0 aromatic carbocycles. The molecule has 3 fully saturated rings. The van der Waals surface area contributed by atoms with Crippen molar-refractivity contribution in [3.05, 3.63) is 5.82 Å². The van der Waals surface area contributed by atoms with Crippen LogP contribution in [-0.2, 0) is 22.6 Å². The molecule has 168 valence electrons. The van der Waals surface area contributed by atoms with Crippen LogP contribution in [-0.4, -0.2) is 99.3 Å². The molecule has 9 heteroatoms. The number of aromatic nitrogens is 4. The molecule has 0 N–H and O–H groups in total. The van der Waals surface area contributed by atoms with Crippen LogP contribution in [0.4, 0.5) is 0 Å². The van der Waals surface area contributed by atoms with Crippen LogP contribution < -0.4 is 0 Å². The van der Waals surface area contributed by atoms with Crippen LogP contribution >= 0.6 is 0 Å². The minimum atomic E-state index is 0.158. The summed E-state index contributed by atoms with van der Waals surface area (Å²) in [5.74, 6) is 0.971. The Hall–Kier alpha value is -1.58. The van der Waals surface area contributed by atoms with Crippen molar-refractivity contribution in [2.75, 3.05) is 52.5 Å². The van der Waals surface area contributed by atoms with Crippen molar-refractivity contribution in [3.63, 3.8) is 0 Å². The van der Waals surface area contributed by atoms with Gasteiger partial charge in [0.2, 0.25) is 5.91 Å². The summed E-state index contributed by atoms with van der Waals surface area (Å²) < 4.78 is 7.17. The van der Waals surface area contributed by atoms with Crippen molar-refractivity contribution in [3.8, 4) is 0 Å². The predicted octanol–water partition coefficient (Wildman–Crippen LogP) is 1.15. The summed E-state index contributed by atoms with van der Waals surface area (Å²) in [6.07, 6.45) is 9.53. The molecule has 0 radical (unpaired) electrons. The number of ether oxygens (including phenoxy) is 1. The first-order chi connectivity index (χ1) is 14.8. The van der Waals surface area contributed by atoms with Crippen LogP contribution in [0.3, 0.4) is 0 Å². The van der Waals surface area contributed by atoms with Crippen LogP contribution in [0.1, 0.15) is 57.2 Å². The minimum absolute atomic E-state index is 0.158. The van der Waals surface area contributed by atoms with E-state index in [1.807, 2.05) is 0 Å². The number of carbonyl (C=O) groups excluding carboxylic acids is 1. The van der Waals surface area contributed by atoms with E-state index in [-0.39, 0.29) is 12.5 Å². The van der Waals surface area contributed by atoms with E-state index in [2.05, 4.69) is 30.2 Å². The third-order valence-corrected chi connectivity index (χ3v) is 6.78. The fraction of sp³-hybridized carbons (Fsp3) is 0.905. The summed E-state index contributed by atoms with van der Waals surface area (Å²) in [5, 5.41) is 12.2. The number of morpholine rings is 1. The van der Waals surface area contributed by atoms with E-state index < -0.39 is 0 Å².